The zero-order valence-corrected chi connectivity index (χ0v) is 10.4. The minimum atomic E-state index is -0.125. The van der Waals surface area contributed by atoms with Crippen molar-refractivity contribution in [3.8, 4) is 0 Å². The molecule has 1 N–H and O–H groups in total. The van der Waals surface area contributed by atoms with Crippen LogP contribution >= 0.6 is 0 Å². The molecular weight excluding hydrogens is 208 g/mol. The molecule has 0 saturated heterocycles. The van der Waals surface area contributed by atoms with Crippen molar-refractivity contribution in [1.82, 2.24) is 0 Å². The van der Waals surface area contributed by atoms with Gasteiger partial charge in [0, 0.05) is 5.41 Å². The SMILES string of the molecule is OC(CC1CC1)C1(c2ccccc2)CCCC1. The number of aliphatic hydroxyl groups excluding tert-OH is 1. The van der Waals surface area contributed by atoms with Gasteiger partial charge in [0.25, 0.3) is 0 Å². The van der Waals surface area contributed by atoms with E-state index in [1.54, 1.807) is 0 Å². The van der Waals surface area contributed by atoms with Gasteiger partial charge in [-0.2, -0.15) is 0 Å². The van der Waals surface area contributed by atoms with Crippen molar-refractivity contribution < 1.29 is 5.11 Å². The van der Waals surface area contributed by atoms with E-state index in [1.807, 2.05) is 0 Å². The number of benzene rings is 1. The van der Waals surface area contributed by atoms with E-state index in [2.05, 4.69) is 30.3 Å². The van der Waals surface area contributed by atoms with Gasteiger partial charge in [0.2, 0.25) is 0 Å². The van der Waals surface area contributed by atoms with Crippen LogP contribution < -0.4 is 0 Å². The van der Waals surface area contributed by atoms with Crippen molar-refractivity contribution in [1.29, 1.82) is 0 Å². The summed E-state index contributed by atoms with van der Waals surface area (Å²) in [4.78, 5) is 0. The molecule has 0 heterocycles. The number of hydrogen-bond acceptors (Lipinski definition) is 1. The van der Waals surface area contributed by atoms with Gasteiger partial charge in [-0.15, -0.1) is 0 Å². The van der Waals surface area contributed by atoms with E-state index in [0.717, 1.165) is 12.3 Å². The average molecular weight is 230 g/mol. The molecule has 2 aliphatic rings. The first-order valence-corrected chi connectivity index (χ1v) is 7.05. The molecule has 1 aromatic carbocycles. The van der Waals surface area contributed by atoms with Gasteiger partial charge in [0.05, 0.1) is 6.10 Å². The summed E-state index contributed by atoms with van der Waals surface area (Å²) in [5, 5.41) is 10.7. The lowest BCUT2D eigenvalue weighted by Crippen LogP contribution is -2.37. The summed E-state index contributed by atoms with van der Waals surface area (Å²) < 4.78 is 0. The molecule has 0 amide bonds. The first-order chi connectivity index (χ1) is 8.31. The molecule has 1 aromatic rings. The number of aliphatic hydroxyl groups is 1. The lowest BCUT2D eigenvalue weighted by atomic mass is 9.72. The fourth-order valence-corrected chi connectivity index (χ4v) is 3.49. The smallest absolute Gasteiger partial charge is 0.0639 e. The second-order valence-corrected chi connectivity index (χ2v) is 5.92. The highest BCUT2D eigenvalue weighted by Gasteiger charge is 2.43. The van der Waals surface area contributed by atoms with Crippen LogP contribution in [0.4, 0.5) is 0 Å². The first kappa shape index (κ1) is 11.3. The summed E-state index contributed by atoms with van der Waals surface area (Å²) in [5.41, 5.74) is 1.44. The molecule has 1 nitrogen and oxygen atoms in total. The van der Waals surface area contributed by atoms with Gasteiger partial charge in [-0.3, -0.25) is 0 Å². The fourth-order valence-electron chi connectivity index (χ4n) is 3.49. The van der Waals surface area contributed by atoms with Crippen molar-refractivity contribution in [3.05, 3.63) is 35.9 Å². The van der Waals surface area contributed by atoms with Gasteiger partial charge < -0.3 is 5.11 Å². The van der Waals surface area contributed by atoms with Gasteiger partial charge in [-0.25, -0.2) is 0 Å². The Kier molecular flexibility index (Phi) is 2.96. The third-order valence-electron chi connectivity index (χ3n) is 4.74. The summed E-state index contributed by atoms with van der Waals surface area (Å²) >= 11 is 0. The fraction of sp³-hybridized carbons (Fsp3) is 0.625. The Morgan fingerprint density at radius 1 is 1.12 bits per heavy atom. The molecule has 0 spiro atoms. The lowest BCUT2D eigenvalue weighted by Gasteiger charge is -2.35. The molecule has 0 bridgehead atoms. The minimum Gasteiger partial charge on any atom is -0.392 e. The van der Waals surface area contributed by atoms with Crippen LogP contribution in [0.15, 0.2) is 30.3 Å². The second-order valence-electron chi connectivity index (χ2n) is 5.92. The topological polar surface area (TPSA) is 20.2 Å². The van der Waals surface area contributed by atoms with Crippen LogP contribution in [0.5, 0.6) is 0 Å². The Morgan fingerprint density at radius 2 is 1.76 bits per heavy atom. The number of rotatable bonds is 4. The van der Waals surface area contributed by atoms with Crippen molar-refractivity contribution >= 4 is 0 Å². The van der Waals surface area contributed by atoms with E-state index >= 15 is 0 Å². The van der Waals surface area contributed by atoms with Gasteiger partial charge in [0.15, 0.2) is 0 Å². The van der Waals surface area contributed by atoms with Crippen LogP contribution in [-0.4, -0.2) is 11.2 Å². The Balaban J connectivity index is 1.86. The van der Waals surface area contributed by atoms with Crippen LogP contribution in [0, 0.1) is 5.92 Å². The Bertz CT molecular complexity index is 360. The molecule has 0 radical (unpaired) electrons. The van der Waals surface area contributed by atoms with E-state index in [1.165, 1.54) is 44.1 Å². The zero-order valence-electron chi connectivity index (χ0n) is 10.4. The summed E-state index contributed by atoms with van der Waals surface area (Å²) in [7, 11) is 0. The van der Waals surface area contributed by atoms with Gasteiger partial charge >= 0.3 is 0 Å². The third kappa shape index (κ3) is 2.13. The molecule has 1 heteroatoms. The average Bonchev–Trinajstić information content (AvgIpc) is 3.04. The Morgan fingerprint density at radius 3 is 2.35 bits per heavy atom. The molecule has 1 atom stereocenters. The van der Waals surface area contributed by atoms with Crippen LogP contribution in [0.3, 0.4) is 0 Å². The van der Waals surface area contributed by atoms with E-state index < -0.39 is 0 Å². The van der Waals surface area contributed by atoms with Crippen LogP contribution in [0.25, 0.3) is 0 Å². The third-order valence-corrected chi connectivity index (χ3v) is 4.74. The molecule has 2 saturated carbocycles. The highest BCUT2D eigenvalue weighted by Crippen LogP contribution is 2.47. The van der Waals surface area contributed by atoms with E-state index in [-0.39, 0.29) is 11.5 Å². The highest BCUT2D eigenvalue weighted by molar-refractivity contribution is 5.28. The van der Waals surface area contributed by atoms with E-state index in [9.17, 15) is 5.11 Å². The largest absolute Gasteiger partial charge is 0.392 e. The molecule has 2 fully saturated rings. The molecule has 17 heavy (non-hydrogen) atoms. The summed E-state index contributed by atoms with van der Waals surface area (Å²) in [6, 6.07) is 10.7. The van der Waals surface area contributed by atoms with Gasteiger partial charge in [0.1, 0.15) is 0 Å². The maximum absolute atomic E-state index is 10.7. The Labute approximate surface area is 104 Å². The lowest BCUT2D eigenvalue weighted by molar-refractivity contribution is 0.0693. The van der Waals surface area contributed by atoms with Crippen molar-refractivity contribution in [2.75, 3.05) is 0 Å². The molecule has 0 aliphatic heterocycles. The standard InChI is InChI=1S/C16H22O/c17-15(12-13-8-9-13)16(10-4-5-11-16)14-6-2-1-3-7-14/h1-3,6-7,13,15,17H,4-5,8-12H2. The highest BCUT2D eigenvalue weighted by atomic mass is 16.3. The van der Waals surface area contributed by atoms with Gasteiger partial charge in [-0.1, -0.05) is 56.0 Å². The second kappa shape index (κ2) is 4.45. The monoisotopic (exact) mass is 230 g/mol. The molecule has 92 valence electrons. The summed E-state index contributed by atoms with van der Waals surface area (Å²) in [5.74, 6) is 0.811. The van der Waals surface area contributed by atoms with Crippen molar-refractivity contribution in [2.24, 2.45) is 5.92 Å². The number of hydrogen-bond donors (Lipinski definition) is 1. The molecular formula is C16H22O. The van der Waals surface area contributed by atoms with E-state index in [4.69, 9.17) is 0 Å². The van der Waals surface area contributed by atoms with Crippen LogP contribution in [0.1, 0.15) is 50.5 Å². The molecule has 1 unspecified atom stereocenters. The first-order valence-electron chi connectivity index (χ1n) is 7.05. The normalized spacial score (nSPS) is 24.8. The summed E-state index contributed by atoms with van der Waals surface area (Å²) in [6.07, 6.45) is 8.46. The molecule has 2 aliphatic carbocycles. The van der Waals surface area contributed by atoms with Crippen molar-refractivity contribution in [3.63, 3.8) is 0 Å². The minimum absolute atomic E-state index is 0.0733. The molecule has 0 aromatic heterocycles. The van der Waals surface area contributed by atoms with E-state index in [0.29, 0.717) is 0 Å². The molecule has 3 rings (SSSR count). The Hall–Kier alpha value is -0.820. The predicted molar refractivity (Wildman–Crippen MR) is 69.9 cm³/mol. The predicted octanol–water partition coefficient (Wildman–Crippen LogP) is 3.66. The summed E-state index contributed by atoms with van der Waals surface area (Å²) in [6.45, 7) is 0. The maximum Gasteiger partial charge on any atom is 0.0639 e. The maximum atomic E-state index is 10.7. The van der Waals surface area contributed by atoms with Crippen molar-refractivity contribution in [2.45, 2.75) is 56.5 Å². The van der Waals surface area contributed by atoms with Crippen LogP contribution in [0.2, 0.25) is 0 Å². The zero-order chi connectivity index (χ0) is 11.7. The van der Waals surface area contributed by atoms with Crippen LogP contribution in [-0.2, 0) is 5.41 Å². The quantitative estimate of drug-likeness (QED) is 0.837. The van der Waals surface area contributed by atoms with Gasteiger partial charge in [-0.05, 0) is 30.7 Å².